The van der Waals surface area contributed by atoms with Crippen LogP contribution in [0.5, 0.6) is 0 Å². The van der Waals surface area contributed by atoms with Crippen LogP contribution in [0.25, 0.3) is 10.8 Å². The van der Waals surface area contributed by atoms with Crippen molar-refractivity contribution in [2.75, 3.05) is 6.61 Å². The summed E-state index contributed by atoms with van der Waals surface area (Å²) in [6.45, 7) is 0.114. The van der Waals surface area contributed by atoms with Crippen LogP contribution in [0.3, 0.4) is 0 Å². The minimum absolute atomic E-state index is 0.114. The minimum atomic E-state index is 0.114. The zero-order valence-corrected chi connectivity index (χ0v) is 7.14. The second-order valence-electron chi connectivity index (χ2n) is 2.85. The Bertz CT molecular complexity index is 409. The van der Waals surface area contributed by atoms with E-state index in [9.17, 15) is 0 Å². The molecule has 2 aromatic rings. The van der Waals surface area contributed by atoms with Gasteiger partial charge in [-0.1, -0.05) is 24.3 Å². The van der Waals surface area contributed by atoms with Gasteiger partial charge in [-0.15, -0.1) is 0 Å². The monoisotopic (exact) mass is 174 g/mol. The van der Waals surface area contributed by atoms with Gasteiger partial charge < -0.3 is 5.11 Å². The first-order chi connectivity index (χ1) is 6.42. The van der Waals surface area contributed by atoms with Crippen molar-refractivity contribution < 1.29 is 5.11 Å². The molecule has 0 fully saturated rings. The van der Waals surface area contributed by atoms with Crippen LogP contribution in [0.2, 0.25) is 0 Å². The lowest BCUT2D eigenvalue weighted by Gasteiger charge is -2.01. The van der Waals surface area contributed by atoms with Crippen LogP contribution in [0, 0.1) is 0 Å². The van der Waals surface area contributed by atoms with E-state index in [2.05, 4.69) is 10.2 Å². The summed E-state index contributed by atoms with van der Waals surface area (Å²) in [7, 11) is 0. The predicted octanol–water partition coefficient (Wildman–Crippen LogP) is 1.16. The molecule has 66 valence electrons. The van der Waals surface area contributed by atoms with Gasteiger partial charge in [-0.25, -0.2) is 0 Å². The SMILES string of the molecule is OCCc1nncc2ccccc12. The molecule has 0 spiro atoms. The Morgan fingerprint density at radius 1 is 1.23 bits per heavy atom. The Morgan fingerprint density at radius 2 is 2.08 bits per heavy atom. The van der Waals surface area contributed by atoms with Crippen LogP contribution in [-0.2, 0) is 6.42 Å². The largest absolute Gasteiger partial charge is 0.396 e. The number of rotatable bonds is 2. The fraction of sp³-hybridized carbons (Fsp3) is 0.200. The Morgan fingerprint density at radius 3 is 2.92 bits per heavy atom. The van der Waals surface area contributed by atoms with E-state index in [4.69, 9.17) is 5.11 Å². The zero-order valence-electron chi connectivity index (χ0n) is 7.14. The second-order valence-corrected chi connectivity index (χ2v) is 2.85. The second kappa shape index (κ2) is 3.49. The number of benzene rings is 1. The summed E-state index contributed by atoms with van der Waals surface area (Å²) < 4.78 is 0. The molecule has 1 N–H and O–H groups in total. The van der Waals surface area contributed by atoms with E-state index in [1.165, 1.54) is 0 Å². The molecule has 1 heterocycles. The lowest BCUT2D eigenvalue weighted by Crippen LogP contribution is -1.97. The van der Waals surface area contributed by atoms with Gasteiger partial charge in [0.2, 0.25) is 0 Å². The fourth-order valence-corrected chi connectivity index (χ4v) is 1.38. The molecule has 3 heteroatoms. The van der Waals surface area contributed by atoms with Crippen molar-refractivity contribution in [3.63, 3.8) is 0 Å². The van der Waals surface area contributed by atoms with Crippen LogP contribution in [0.1, 0.15) is 5.69 Å². The lowest BCUT2D eigenvalue weighted by molar-refractivity contribution is 0.298. The van der Waals surface area contributed by atoms with Crippen LogP contribution in [-0.4, -0.2) is 21.9 Å². The van der Waals surface area contributed by atoms with Gasteiger partial charge in [0, 0.05) is 23.8 Å². The minimum Gasteiger partial charge on any atom is -0.396 e. The molecule has 0 aliphatic heterocycles. The molecule has 0 radical (unpaired) electrons. The number of hydrogen-bond acceptors (Lipinski definition) is 3. The summed E-state index contributed by atoms with van der Waals surface area (Å²) >= 11 is 0. The molecule has 0 bridgehead atoms. The van der Waals surface area contributed by atoms with E-state index in [0.717, 1.165) is 16.5 Å². The van der Waals surface area contributed by atoms with Crippen molar-refractivity contribution in [3.8, 4) is 0 Å². The van der Waals surface area contributed by atoms with Crippen molar-refractivity contribution in [2.24, 2.45) is 0 Å². The van der Waals surface area contributed by atoms with Crippen molar-refractivity contribution >= 4 is 10.8 Å². The maximum Gasteiger partial charge on any atom is 0.0732 e. The molecule has 0 unspecified atom stereocenters. The predicted molar refractivity (Wildman–Crippen MR) is 50.3 cm³/mol. The van der Waals surface area contributed by atoms with Gasteiger partial charge in [-0.3, -0.25) is 0 Å². The number of aliphatic hydroxyl groups excluding tert-OH is 1. The first-order valence-corrected chi connectivity index (χ1v) is 4.22. The molecule has 3 nitrogen and oxygen atoms in total. The summed E-state index contributed by atoms with van der Waals surface area (Å²) in [6, 6.07) is 7.91. The van der Waals surface area contributed by atoms with Gasteiger partial charge in [-0.05, 0) is 0 Å². The van der Waals surface area contributed by atoms with Crippen LogP contribution in [0.15, 0.2) is 30.5 Å². The van der Waals surface area contributed by atoms with Gasteiger partial charge in [-0.2, -0.15) is 10.2 Å². The topological polar surface area (TPSA) is 46.0 Å². The molecule has 0 aliphatic carbocycles. The van der Waals surface area contributed by atoms with E-state index in [-0.39, 0.29) is 6.61 Å². The van der Waals surface area contributed by atoms with Crippen LogP contribution < -0.4 is 0 Å². The van der Waals surface area contributed by atoms with E-state index in [0.29, 0.717) is 6.42 Å². The number of hydrogen-bond donors (Lipinski definition) is 1. The smallest absolute Gasteiger partial charge is 0.0732 e. The molecule has 0 atom stereocenters. The van der Waals surface area contributed by atoms with Gasteiger partial charge in [0.25, 0.3) is 0 Å². The fourth-order valence-electron chi connectivity index (χ4n) is 1.38. The van der Waals surface area contributed by atoms with E-state index < -0.39 is 0 Å². The summed E-state index contributed by atoms with van der Waals surface area (Å²) in [4.78, 5) is 0. The molecular formula is C10H10N2O. The Hall–Kier alpha value is -1.48. The summed E-state index contributed by atoms with van der Waals surface area (Å²) in [5.41, 5.74) is 0.862. The van der Waals surface area contributed by atoms with Crippen molar-refractivity contribution in [3.05, 3.63) is 36.2 Å². The first-order valence-electron chi connectivity index (χ1n) is 4.22. The van der Waals surface area contributed by atoms with E-state index in [1.807, 2.05) is 24.3 Å². The average Bonchev–Trinajstić information content (AvgIpc) is 2.19. The third-order valence-corrected chi connectivity index (χ3v) is 2.00. The maximum absolute atomic E-state index is 8.81. The first kappa shape index (κ1) is 8.13. The van der Waals surface area contributed by atoms with Crippen LogP contribution in [0.4, 0.5) is 0 Å². The standard InChI is InChI=1S/C10H10N2O/c13-6-5-10-9-4-2-1-3-8(9)7-11-12-10/h1-4,7,13H,5-6H2. The zero-order chi connectivity index (χ0) is 9.10. The normalized spacial score (nSPS) is 10.5. The molecule has 0 amide bonds. The third-order valence-electron chi connectivity index (χ3n) is 2.00. The molecule has 1 aromatic carbocycles. The highest BCUT2D eigenvalue weighted by Crippen LogP contribution is 2.14. The molecular weight excluding hydrogens is 164 g/mol. The highest BCUT2D eigenvalue weighted by Gasteiger charge is 2.00. The van der Waals surface area contributed by atoms with Crippen molar-refractivity contribution in [2.45, 2.75) is 6.42 Å². The molecule has 0 saturated heterocycles. The molecule has 1 aromatic heterocycles. The third kappa shape index (κ3) is 1.51. The summed E-state index contributed by atoms with van der Waals surface area (Å²) in [6.07, 6.45) is 2.30. The van der Waals surface area contributed by atoms with E-state index in [1.54, 1.807) is 6.20 Å². The van der Waals surface area contributed by atoms with Gasteiger partial charge in [0.05, 0.1) is 11.9 Å². The maximum atomic E-state index is 8.81. The number of nitrogens with zero attached hydrogens (tertiary/aromatic N) is 2. The highest BCUT2D eigenvalue weighted by atomic mass is 16.3. The van der Waals surface area contributed by atoms with Gasteiger partial charge in [0.1, 0.15) is 0 Å². The molecule has 2 rings (SSSR count). The number of aromatic nitrogens is 2. The molecule has 0 aliphatic rings. The quantitative estimate of drug-likeness (QED) is 0.743. The van der Waals surface area contributed by atoms with Crippen LogP contribution >= 0.6 is 0 Å². The number of fused-ring (bicyclic) bond motifs is 1. The summed E-state index contributed by atoms with van der Waals surface area (Å²) in [5, 5.41) is 18.8. The van der Waals surface area contributed by atoms with Gasteiger partial charge in [0.15, 0.2) is 0 Å². The highest BCUT2D eigenvalue weighted by molar-refractivity contribution is 5.83. The van der Waals surface area contributed by atoms with Gasteiger partial charge >= 0.3 is 0 Å². The van der Waals surface area contributed by atoms with Crippen molar-refractivity contribution in [1.29, 1.82) is 0 Å². The van der Waals surface area contributed by atoms with E-state index >= 15 is 0 Å². The Balaban J connectivity index is 2.61. The molecule has 0 saturated carbocycles. The Kier molecular flexibility index (Phi) is 2.19. The van der Waals surface area contributed by atoms with Crippen molar-refractivity contribution in [1.82, 2.24) is 10.2 Å². The lowest BCUT2D eigenvalue weighted by atomic mass is 10.1. The average molecular weight is 174 g/mol. The molecule has 13 heavy (non-hydrogen) atoms. The number of aliphatic hydroxyl groups is 1. The Labute approximate surface area is 76.0 Å². The summed E-state index contributed by atoms with van der Waals surface area (Å²) in [5.74, 6) is 0.